The number of benzene rings is 1. The van der Waals surface area contributed by atoms with Crippen molar-refractivity contribution < 1.29 is 4.43 Å². The minimum Gasteiger partial charge on any atom is -0.543 e. The van der Waals surface area contributed by atoms with Gasteiger partial charge < -0.3 is 8.99 Å². The molecule has 2 rings (SSSR count). The van der Waals surface area contributed by atoms with Gasteiger partial charge in [0.15, 0.2) is 0 Å². The number of aryl methyl sites for hydroxylation is 1. The highest BCUT2D eigenvalue weighted by Gasteiger charge is 2.19. The molecule has 0 radical (unpaired) electrons. The van der Waals surface area contributed by atoms with Crippen molar-refractivity contribution >= 4 is 25.0 Å². The van der Waals surface area contributed by atoms with Crippen LogP contribution < -0.4 is 0 Å². The highest BCUT2D eigenvalue weighted by molar-refractivity contribution is 6.70. The second-order valence-electron chi connectivity index (χ2n) is 5.29. The Kier molecular flexibility index (Phi) is 2.87. The monoisotopic (exact) mass is 245 g/mol. The molecule has 3 heteroatoms. The molecule has 0 spiro atoms. The number of hydrogen-bond acceptors (Lipinski definition) is 1. The molecule has 0 saturated heterocycles. The normalized spacial score (nSPS) is 11.8. The van der Waals surface area contributed by atoms with Crippen molar-refractivity contribution in [2.45, 2.75) is 19.6 Å². The lowest BCUT2D eigenvalue weighted by Crippen LogP contribution is -2.24. The van der Waals surface area contributed by atoms with E-state index in [0.717, 1.165) is 11.5 Å². The molecule has 2 aromatic rings. The van der Waals surface area contributed by atoms with E-state index in [2.05, 4.69) is 56.0 Å². The molecule has 0 atom stereocenters. The van der Waals surface area contributed by atoms with Crippen molar-refractivity contribution in [2.24, 2.45) is 7.05 Å². The predicted octanol–water partition coefficient (Wildman–Crippen LogP) is 4.00. The van der Waals surface area contributed by atoms with Gasteiger partial charge in [-0.15, -0.1) is 0 Å². The predicted molar refractivity (Wildman–Crippen MR) is 76.4 cm³/mol. The maximum absolute atomic E-state index is 5.96. The summed E-state index contributed by atoms with van der Waals surface area (Å²) < 4.78 is 8.09. The smallest absolute Gasteiger partial charge is 0.242 e. The largest absolute Gasteiger partial charge is 0.543 e. The summed E-state index contributed by atoms with van der Waals surface area (Å²) in [6.07, 6.45) is 0. The Bertz CT molecular complexity index is 563. The summed E-state index contributed by atoms with van der Waals surface area (Å²) >= 11 is 0. The van der Waals surface area contributed by atoms with E-state index in [-0.39, 0.29) is 0 Å². The summed E-state index contributed by atoms with van der Waals surface area (Å²) in [5.74, 6) is 0.780. The molecular weight excluding hydrogens is 226 g/mol. The number of fused-ring (bicyclic) bond motifs is 1. The van der Waals surface area contributed by atoms with Gasteiger partial charge in [0.25, 0.3) is 0 Å². The van der Waals surface area contributed by atoms with Crippen molar-refractivity contribution in [3.8, 4) is 0 Å². The summed E-state index contributed by atoms with van der Waals surface area (Å²) in [5, 5.41) is 1.23. The van der Waals surface area contributed by atoms with Crippen LogP contribution in [0.3, 0.4) is 0 Å². The third-order valence-corrected chi connectivity index (χ3v) is 3.53. The van der Waals surface area contributed by atoms with Crippen LogP contribution in [0.25, 0.3) is 16.7 Å². The Labute approximate surface area is 104 Å². The van der Waals surface area contributed by atoms with Gasteiger partial charge in [-0.3, -0.25) is 0 Å². The van der Waals surface area contributed by atoms with Crippen molar-refractivity contribution in [1.29, 1.82) is 0 Å². The summed E-state index contributed by atoms with van der Waals surface area (Å²) in [6.45, 7) is 10.6. The van der Waals surface area contributed by atoms with Crippen LogP contribution in [0.15, 0.2) is 36.9 Å². The Balaban J connectivity index is 2.43. The van der Waals surface area contributed by atoms with Gasteiger partial charge in [-0.2, -0.15) is 0 Å². The van der Waals surface area contributed by atoms with Crippen LogP contribution in [0, 0.1) is 0 Å². The van der Waals surface area contributed by atoms with Crippen LogP contribution in [0.4, 0.5) is 0 Å². The molecule has 0 unspecified atom stereocenters. The molecule has 2 nitrogen and oxygen atoms in total. The molecule has 17 heavy (non-hydrogen) atoms. The second-order valence-corrected chi connectivity index (χ2v) is 9.71. The van der Waals surface area contributed by atoms with Gasteiger partial charge in [0.1, 0.15) is 5.76 Å². The average Bonchev–Trinajstić information content (AvgIpc) is 2.55. The van der Waals surface area contributed by atoms with Crippen LogP contribution in [-0.4, -0.2) is 12.9 Å². The lowest BCUT2D eigenvalue weighted by atomic mass is 10.2. The number of aromatic nitrogens is 1. The number of rotatable bonds is 3. The first-order chi connectivity index (χ1) is 7.88. The fourth-order valence-corrected chi connectivity index (χ4v) is 2.82. The zero-order valence-electron chi connectivity index (χ0n) is 10.9. The van der Waals surface area contributed by atoms with Gasteiger partial charge in [-0.1, -0.05) is 24.8 Å². The third-order valence-electron chi connectivity index (χ3n) is 2.67. The van der Waals surface area contributed by atoms with Crippen molar-refractivity contribution in [3.63, 3.8) is 0 Å². The van der Waals surface area contributed by atoms with Gasteiger partial charge >= 0.3 is 0 Å². The van der Waals surface area contributed by atoms with Crippen LogP contribution in [0.2, 0.25) is 19.6 Å². The van der Waals surface area contributed by atoms with E-state index < -0.39 is 8.32 Å². The highest BCUT2D eigenvalue weighted by Crippen LogP contribution is 2.25. The highest BCUT2D eigenvalue weighted by atomic mass is 28.4. The Morgan fingerprint density at radius 1 is 1.24 bits per heavy atom. The Morgan fingerprint density at radius 2 is 1.88 bits per heavy atom. The van der Waals surface area contributed by atoms with E-state index in [1.54, 1.807) is 0 Å². The van der Waals surface area contributed by atoms with Crippen molar-refractivity contribution in [2.75, 3.05) is 0 Å². The van der Waals surface area contributed by atoms with E-state index in [1.807, 2.05) is 12.1 Å². The molecule has 0 fully saturated rings. The van der Waals surface area contributed by atoms with Crippen LogP contribution in [-0.2, 0) is 11.5 Å². The summed E-state index contributed by atoms with van der Waals surface area (Å²) in [6, 6.07) is 10.5. The first-order valence-corrected chi connectivity index (χ1v) is 9.22. The van der Waals surface area contributed by atoms with E-state index >= 15 is 0 Å². The standard InChI is InChI=1S/C14H19NOSi/c1-11(16-17(3,4)5)14-10-12-8-6-7-9-13(12)15(14)2/h6-10H,1H2,2-5H3. The molecule has 0 saturated carbocycles. The number of nitrogens with zero attached hydrogens (tertiary/aromatic N) is 1. The van der Waals surface area contributed by atoms with E-state index in [4.69, 9.17) is 4.43 Å². The maximum atomic E-state index is 5.96. The Hall–Kier alpha value is -1.48. The van der Waals surface area contributed by atoms with Gasteiger partial charge in [-0.05, 0) is 31.8 Å². The SMILES string of the molecule is C=C(O[Si](C)(C)C)c1cc2ccccc2n1C. The molecule has 0 amide bonds. The minimum atomic E-state index is -1.59. The summed E-state index contributed by atoms with van der Waals surface area (Å²) in [7, 11) is 0.464. The van der Waals surface area contributed by atoms with Gasteiger partial charge in [0.2, 0.25) is 8.32 Å². The first kappa shape index (κ1) is 12.0. The first-order valence-electron chi connectivity index (χ1n) is 5.81. The molecule has 90 valence electrons. The van der Waals surface area contributed by atoms with Gasteiger partial charge in [0.05, 0.1) is 5.69 Å². The fraction of sp³-hybridized carbons (Fsp3) is 0.286. The van der Waals surface area contributed by atoms with E-state index in [0.29, 0.717) is 0 Å². The second kappa shape index (κ2) is 4.07. The van der Waals surface area contributed by atoms with E-state index in [1.165, 1.54) is 10.9 Å². The molecule has 0 aliphatic heterocycles. The third kappa shape index (κ3) is 2.44. The van der Waals surface area contributed by atoms with Gasteiger partial charge in [-0.25, -0.2) is 0 Å². The van der Waals surface area contributed by atoms with Crippen LogP contribution >= 0.6 is 0 Å². The fourth-order valence-electron chi connectivity index (χ4n) is 1.98. The summed E-state index contributed by atoms with van der Waals surface area (Å²) in [4.78, 5) is 0. The quantitative estimate of drug-likeness (QED) is 0.589. The molecular formula is C14H19NOSi. The lowest BCUT2D eigenvalue weighted by Gasteiger charge is -2.21. The topological polar surface area (TPSA) is 14.2 Å². The average molecular weight is 245 g/mol. The van der Waals surface area contributed by atoms with Crippen LogP contribution in [0.1, 0.15) is 5.69 Å². The number of para-hydroxylation sites is 1. The van der Waals surface area contributed by atoms with Crippen LogP contribution in [0.5, 0.6) is 0 Å². The maximum Gasteiger partial charge on any atom is 0.242 e. The zero-order valence-corrected chi connectivity index (χ0v) is 11.9. The molecule has 1 aromatic heterocycles. The van der Waals surface area contributed by atoms with Crippen molar-refractivity contribution in [1.82, 2.24) is 4.57 Å². The molecule has 1 aromatic carbocycles. The van der Waals surface area contributed by atoms with E-state index in [9.17, 15) is 0 Å². The molecule has 1 heterocycles. The van der Waals surface area contributed by atoms with Crippen molar-refractivity contribution in [3.05, 3.63) is 42.6 Å². The molecule has 0 aliphatic rings. The lowest BCUT2D eigenvalue weighted by molar-refractivity contribution is 0.510. The molecule has 0 bridgehead atoms. The molecule has 0 aliphatic carbocycles. The van der Waals surface area contributed by atoms with Gasteiger partial charge in [0, 0.05) is 18.0 Å². The summed E-state index contributed by atoms with van der Waals surface area (Å²) in [5.41, 5.74) is 2.27. The minimum absolute atomic E-state index is 0.780. The molecule has 0 N–H and O–H groups in total. The number of hydrogen-bond donors (Lipinski definition) is 0. The zero-order chi connectivity index (χ0) is 12.6. The Morgan fingerprint density at radius 3 is 2.47 bits per heavy atom.